The average molecular weight is 581 g/mol. The molecule has 0 atom stereocenters. The van der Waals surface area contributed by atoms with E-state index in [4.69, 9.17) is 18.8 Å². The lowest BCUT2D eigenvalue weighted by atomic mass is 9.91. The maximum absolute atomic E-state index is 6.57. The van der Waals surface area contributed by atoms with Crippen molar-refractivity contribution in [3.8, 4) is 45.0 Å². The van der Waals surface area contributed by atoms with Crippen molar-refractivity contribution in [1.82, 2.24) is 9.97 Å². The Kier molecular flexibility index (Phi) is 5.82. The van der Waals surface area contributed by atoms with Gasteiger partial charge < -0.3 is 8.83 Å². The van der Waals surface area contributed by atoms with Crippen molar-refractivity contribution in [3.63, 3.8) is 0 Å². The van der Waals surface area contributed by atoms with Crippen molar-refractivity contribution in [2.75, 3.05) is 0 Å². The molecule has 45 heavy (non-hydrogen) atoms. The van der Waals surface area contributed by atoms with Gasteiger partial charge in [-0.25, -0.2) is 9.97 Å². The summed E-state index contributed by atoms with van der Waals surface area (Å²) in [4.78, 5) is 10.4. The Hall–Kier alpha value is -5.74. The van der Waals surface area contributed by atoms with Crippen molar-refractivity contribution in [2.24, 2.45) is 0 Å². The van der Waals surface area contributed by atoms with Crippen LogP contribution in [-0.4, -0.2) is 9.97 Å². The van der Waals surface area contributed by atoms with Crippen molar-refractivity contribution >= 4 is 39.0 Å². The molecule has 0 saturated carbocycles. The first kappa shape index (κ1) is 25.7. The summed E-state index contributed by atoms with van der Waals surface area (Å²) in [5.74, 6) is 1.74. The van der Waals surface area contributed by atoms with E-state index in [0.29, 0.717) is 5.82 Å². The lowest BCUT2D eigenvalue weighted by molar-refractivity contribution is 0.546. The molecule has 0 radical (unpaired) electrons. The predicted molar refractivity (Wildman–Crippen MR) is 183 cm³/mol. The third kappa shape index (κ3) is 4.14. The number of para-hydroxylation sites is 1. The maximum atomic E-state index is 6.57. The van der Waals surface area contributed by atoms with E-state index >= 15 is 0 Å². The van der Waals surface area contributed by atoms with Gasteiger partial charge in [0.2, 0.25) is 0 Å². The van der Waals surface area contributed by atoms with E-state index < -0.39 is 0 Å². The number of allylic oxidation sites excluding steroid dienone is 1. The standard InChI is InChI=1S/C41H28N2O2/c1-25-39(26-13-4-2-5-14-26)42-41(27-15-6-3-7-16-27)43-40(25)32-23-28(24-36-38(32)31-18-9-11-21-34(31)45-36)29-19-12-22-35-37(29)30-17-8-10-20-33(30)44-35/h2-9,11-19,21-24H,10,20H2,1H3. The molecule has 0 aliphatic heterocycles. The summed E-state index contributed by atoms with van der Waals surface area (Å²) >= 11 is 0. The van der Waals surface area contributed by atoms with Gasteiger partial charge in [0, 0.05) is 50.4 Å². The topological polar surface area (TPSA) is 52.1 Å². The molecule has 8 aromatic rings. The molecular formula is C41H28N2O2. The van der Waals surface area contributed by atoms with Gasteiger partial charge in [-0.1, -0.05) is 103 Å². The van der Waals surface area contributed by atoms with Crippen LogP contribution in [0.1, 0.15) is 23.3 Å². The fourth-order valence-corrected chi connectivity index (χ4v) is 6.81. The fraction of sp³-hybridized carbons (Fsp3) is 0.0732. The van der Waals surface area contributed by atoms with Gasteiger partial charge in [0.05, 0.1) is 11.4 Å². The van der Waals surface area contributed by atoms with Gasteiger partial charge in [-0.2, -0.15) is 0 Å². The second-order valence-electron chi connectivity index (χ2n) is 11.7. The Morgan fingerprint density at radius 3 is 2.16 bits per heavy atom. The van der Waals surface area contributed by atoms with Gasteiger partial charge >= 0.3 is 0 Å². The normalized spacial score (nSPS) is 12.7. The quantitative estimate of drug-likeness (QED) is 0.208. The molecule has 0 bridgehead atoms. The van der Waals surface area contributed by atoms with Crippen molar-refractivity contribution in [3.05, 3.63) is 138 Å². The van der Waals surface area contributed by atoms with Crippen LogP contribution in [-0.2, 0) is 6.42 Å². The molecule has 214 valence electrons. The van der Waals surface area contributed by atoms with Crippen molar-refractivity contribution < 1.29 is 8.83 Å². The molecule has 3 heterocycles. The third-order valence-electron chi connectivity index (χ3n) is 8.92. The molecule has 5 aromatic carbocycles. The highest BCUT2D eigenvalue weighted by molar-refractivity contribution is 6.15. The molecule has 0 N–H and O–H groups in total. The van der Waals surface area contributed by atoms with Crippen LogP contribution in [0, 0.1) is 6.92 Å². The van der Waals surface area contributed by atoms with Crippen LogP contribution in [0.25, 0.3) is 84.0 Å². The summed E-state index contributed by atoms with van der Waals surface area (Å²) < 4.78 is 12.9. The average Bonchev–Trinajstić information content (AvgIpc) is 3.67. The van der Waals surface area contributed by atoms with Gasteiger partial charge in [0.1, 0.15) is 22.5 Å². The van der Waals surface area contributed by atoms with Gasteiger partial charge in [0.25, 0.3) is 0 Å². The summed E-state index contributed by atoms with van der Waals surface area (Å²) in [7, 11) is 0. The van der Waals surface area contributed by atoms with E-state index in [9.17, 15) is 0 Å². The third-order valence-corrected chi connectivity index (χ3v) is 8.92. The number of nitrogens with zero attached hydrogens (tertiary/aromatic N) is 2. The van der Waals surface area contributed by atoms with Gasteiger partial charge in [-0.15, -0.1) is 0 Å². The van der Waals surface area contributed by atoms with Crippen LogP contribution < -0.4 is 0 Å². The Balaban J connectivity index is 1.39. The van der Waals surface area contributed by atoms with Crippen LogP contribution in [0.4, 0.5) is 0 Å². The molecule has 1 aliphatic rings. The first-order valence-electron chi connectivity index (χ1n) is 15.4. The summed E-state index contributed by atoms with van der Waals surface area (Å²) in [5, 5.41) is 3.26. The number of benzene rings is 5. The minimum absolute atomic E-state index is 0.692. The van der Waals surface area contributed by atoms with Crippen LogP contribution in [0.3, 0.4) is 0 Å². The molecule has 0 unspecified atom stereocenters. The molecule has 9 rings (SSSR count). The SMILES string of the molecule is Cc1c(-c2ccccc2)nc(-c2ccccc2)nc1-c1cc(-c2cccc3oc4c(c23)C=CCC4)cc2oc3ccccc3c12. The zero-order chi connectivity index (χ0) is 29.9. The molecule has 4 heteroatoms. The first-order chi connectivity index (χ1) is 22.2. The Morgan fingerprint density at radius 1 is 0.578 bits per heavy atom. The number of aromatic nitrogens is 2. The zero-order valence-electron chi connectivity index (χ0n) is 24.7. The fourth-order valence-electron chi connectivity index (χ4n) is 6.81. The molecule has 0 saturated heterocycles. The summed E-state index contributed by atoms with van der Waals surface area (Å²) in [6.07, 6.45) is 6.36. The lowest BCUT2D eigenvalue weighted by Gasteiger charge is -2.16. The van der Waals surface area contributed by atoms with Gasteiger partial charge in [-0.3, -0.25) is 0 Å². The highest BCUT2D eigenvalue weighted by Crippen LogP contribution is 2.44. The highest BCUT2D eigenvalue weighted by Gasteiger charge is 2.23. The van der Waals surface area contributed by atoms with Crippen LogP contribution in [0.2, 0.25) is 0 Å². The molecule has 0 fully saturated rings. The molecule has 0 amide bonds. The minimum Gasteiger partial charge on any atom is -0.460 e. The van der Waals surface area contributed by atoms with E-state index in [1.54, 1.807) is 0 Å². The Bertz CT molecular complexity index is 2430. The number of aryl methyl sites for hydroxylation is 1. The number of hydrogen-bond acceptors (Lipinski definition) is 4. The predicted octanol–water partition coefficient (Wildman–Crippen LogP) is 11.1. The van der Waals surface area contributed by atoms with E-state index in [2.05, 4.69) is 97.9 Å². The van der Waals surface area contributed by atoms with Crippen LogP contribution in [0.15, 0.2) is 130 Å². The Labute approximate surface area is 260 Å². The second-order valence-corrected chi connectivity index (χ2v) is 11.7. The van der Waals surface area contributed by atoms with Crippen molar-refractivity contribution in [1.29, 1.82) is 0 Å². The lowest BCUT2D eigenvalue weighted by Crippen LogP contribution is -2.01. The smallest absolute Gasteiger partial charge is 0.160 e. The first-order valence-corrected chi connectivity index (χ1v) is 15.4. The monoisotopic (exact) mass is 580 g/mol. The summed E-state index contributed by atoms with van der Waals surface area (Å²) in [5.41, 5.74) is 11.8. The molecule has 0 spiro atoms. The molecule has 1 aliphatic carbocycles. The highest BCUT2D eigenvalue weighted by atomic mass is 16.3. The summed E-state index contributed by atoms with van der Waals surface area (Å²) in [6, 6.07) is 39.6. The number of hydrogen-bond donors (Lipinski definition) is 0. The second kappa shape index (κ2) is 10.2. The number of fused-ring (bicyclic) bond motifs is 6. The summed E-state index contributed by atoms with van der Waals surface area (Å²) in [6.45, 7) is 2.13. The van der Waals surface area contributed by atoms with E-state index in [1.807, 2.05) is 36.4 Å². The van der Waals surface area contributed by atoms with Gasteiger partial charge in [0.15, 0.2) is 5.82 Å². The maximum Gasteiger partial charge on any atom is 0.160 e. The largest absolute Gasteiger partial charge is 0.460 e. The molecular weight excluding hydrogens is 552 g/mol. The zero-order valence-corrected chi connectivity index (χ0v) is 24.7. The Morgan fingerprint density at radius 2 is 1.31 bits per heavy atom. The van der Waals surface area contributed by atoms with E-state index in [-0.39, 0.29) is 0 Å². The molecule has 4 nitrogen and oxygen atoms in total. The van der Waals surface area contributed by atoms with Crippen LogP contribution in [0.5, 0.6) is 0 Å². The van der Waals surface area contributed by atoms with Crippen LogP contribution >= 0.6 is 0 Å². The van der Waals surface area contributed by atoms with E-state index in [1.165, 1.54) is 5.56 Å². The number of furan rings is 2. The van der Waals surface area contributed by atoms with E-state index in [0.717, 1.165) is 96.3 Å². The number of rotatable bonds is 4. The molecule has 3 aromatic heterocycles. The van der Waals surface area contributed by atoms with Gasteiger partial charge in [-0.05, 0) is 48.7 Å². The minimum atomic E-state index is 0.692. The van der Waals surface area contributed by atoms with Crippen molar-refractivity contribution in [2.45, 2.75) is 19.8 Å².